The van der Waals surface area contributed by atoms with Crippen LogP contribution in [-0.4, -0.2) is 141 Å². The molecule has 3 heterocycles. The van der Waals surface area contributed by atoms with Crippen molar-refractivity contribution in [2.75, 3.05) is 19.6 Å². The molecule has 0 saturated carbocycles. The molecule has 0 fully saturated rings. The summed E-state index contributed by atoms with van der Waals surface area (Å²) in [6.07, 6.45) is 9.67. The molecule has 3 aliphatic rings. The van der Waals surface area contributed by atoms with E-state index in [1.807, 2.05) is 0 Å². The molecule has 46 heavy (non-hydrogen) atoms. The average Bonchev–Trinajstić information content (AvgIpc) is 3.85. The van der Waals surface area contributed by atoms with Crippen LogP contribution in [0.2, 0.25) is 0 Å². The minimum Gasteiger partial charge on any atom is -0.346 e. The predicted octanol–water partition coefficient (Wildman–Crippen LogP) is -4.96. The van der Waals surface area contributed by atoms with Crippen molar-refractivity contribution in [1.82, 2.24) is 26.6 Å². The molecule has 6 atom stereocenters. The zero-order chi connectivity index (χ0) is 33.3. The Labute approximate surface area is 261 Å². The van der Waals surface area contributed by atoms with Gasteiger partial charge in [0.05, 0.1) is 50.0 Å². The molecule has 20 heteroatoms. The Hall–Kier alpha value is -5.66. The van der Waals surface area contributed by atoms with Crippen LogP contribution in [0.15, 0.2) is 34.9 Å². The van der Waals surface area contributed by atoms with Crippen molar-refractivity contribution in [3.8, 4) is 0 Å². The molecule has 6 amide bonds. The number of hydrogen-bond donors (Lipinski definition) is 6. The highest BCUT2D eigenvalue weighted by molar-refractivity contribution is 6.28. The minimum atomic E-state index is -1.27. The molecule has 0 aromatic heterocycles. The number of nitrogens with two attached hydrogens (primary N) is 1. The Balaban J connectivity index is 1.57. The Morgan fingerprint density at radius 3 is 1.76 bits per heavy atom. The summed E-state index contributed by atoms with van der Waals surface area (Å²) in [5.74, 6) is -4.51. The minimum absolute atomic E-state index is 0.00730. The van der Waals surface area contributed by atoms with Crippen LogP contribution in [0.25, 0.3) is 0 Å². The number of carbonyl (C=O) groups is 7. The molecule has 0 bridgehead atoms. The van der Waals surface area contributed by atoms with Crippen LogP contribution < -0.4 is 32.3 Å². The fourth-order valence-corrected chi connectivity index (χ4v) is 4.08. The van der Waals surface area contributed by atoms with E-state index >= 15 is 0 Å². The van der Waals surface area contributed by atoms with Gasteiger partial charge in [-0.25, -0.2) is 20.0 Å². The molecule has 244 valence electrons. The summed E-state index contributed by atoms with van der Waals surface area (Å²) in [6, 6.07) is -4.78. The summed E-state index contributed by atoms with van der Waals surface area (Å²) in [4.78, 5) is 113. The first kappa shape index (κ1) is 34.8. The van der Waals surface area contributed by atoms with Gasteiger partial charge in [-0.15, -0.1) is 0 Å². The average molecular weight is 640 g/mol. The van der Waals surface area contributed by atoms with E-state index in [2.05, 4.69) is 61.5 Å². The number of nitrogens with one attached hydrogen (secondary N) is 5. The summed E-state index contributed by atoms with van der Waals surface area (Å²) >= 11 is 0. The molecule has 20 nitrogen and oxygen atoms in total. The largest absolute Gasteiger partial charge is 0.346 e. The van der Waals surface area contributed by atoms with Gasteiger partial charge in [-0.1, -0.05) is 0 Å². The number of carbonyl (C=O) groups excluding carboxylic acids is 7. The summed E-state index contributed by atoms with van der Waals surface area (Å²) in [6.45, 7) is -1.35. The van der Waals surface area contributed by atoms with Crippen LogP contribution in [0, 0.1) is 0 Å². The quantitative estimate of drug-likeness (QED) is 0.0622. The molecule has 3 aliphatic heterocycles. The SMILES string of the molecule is NCC(=O)NCC(=O)N[C@@H](CC1C=NC=N1)C(=O)NCC(=O)N[C@@H](CC1C=NC=N1)C(=O)N=CC(=O)N[C@H](C=O)CC1C=NC=N1. The van der Waals surface area contributed by atoms with Crippen LogP contribution in [0.5, 0.6) is 0 Å². The van der Waals surface area contributed by atoms with E-state index in [1.165, 1.54) is 37.7 Å². The zero-order valence-electron chi connectivity index (χ0n) is 24.4. The van der Waals surface area contributed by atoms with E-state index in [0.717, 1.165) is 0 Å². The highest BCUT2D eigenvalue weighted by Crippen LogP contribution is 2.07. The van der Waals surface area contributed by atoms with Crippen molar-refractivity contribution in [2.24, 2.45) is 40.7 Å². The monoisotopic (exact) mass is 639 g/mol. The first-order valence-electron chi connectivity index (χ1n) is 14.0. The molecule has 0 radical (unpaired) electrons. The zero-order valence-corrected chi connectivity index (χ0v) is 24.4. The van der Waals surface area contributed by atoms with Gasteiger partial charge in [0.15, 0.2) is 0 Å². The van der Waals surface area contributed by atoms with Crippen molar-refractivity contribution in [3.63, 3.8) is 0 Å². The van der Waals surface area contributed by atoms with Crippen molar-refractivity contribution >= 4 is 85.6 Å². The Bertz CT molecular complexity index is 1350. The third kappa shape index (κ3) is 12.1. The molecular weight excluding hydrogens is 606 g/mol. The van der Waals surface area contributed by atoms with Gasteiger partial charge < -0.3 is 37.1 Å². The van der Waals surface area contributed by atoms with E-state index in [4.69, 9.17) is 5.73 Å². The molecular formula is C26H33N13O7. The molecule has 0 aromatic rings. The van der Waals surface area contributed by atoms with Crippen molar-refractivity contribution in [2.45, 2.75) is 55.5 Å². The Kier molecular flexibility index (Phi) is 13.8. The fraction of sp³-hybridized carbons (Fsp3) is 0.462. The summed E-state index contributed by atoms with van der Waals surface area (Å²) < 4.78 is 0. The number of rotatable bonds is 18. The van der Waals surface area contributed by atoms with Gasteiger partial charge >= 0.3 is 0 Å². The molecule has 0 aliphatic carbocycles. The lowest BCUT2D eigenvalue weighted by molar-refractivity contribution is -0.131. The smallest absolute Gasteiger partial charge is 0.268 e. The third-order valence-electron chi connectivity index (χ3n) is 6.34. The maximum atomic E-state index is 12.9. The molecule has 0 aromatic carbocycles. The van der Waals surface area contributed by atoms with Crippen molar-refractivity contribution in [3.05, 3.63) is 0 Å². The second-order valence-corrected chi connectivity index (χ2v) is 9.88. The van der Waals surface area contributed by atoms with Crippen LogP contribution in [0.3, 0.4) is 0 Å². The van der Waals surface area contributed by atoms with Gasteiger partial charge in [0, 0.05) is 37.9 Å². The van der Waals surface area contributed by atoms with E-state index in [1.54, 1.807) is 0 Å². The Morgan fingerprint density at radius 1 is 0.717 bits per heavy atom. The lowest BCUT2D eigenvalue weighted by atomic mass is 10.1. The third-order valence-corrected chi connectivity index (χ3v) is 6.34. The second kappa shape index (κ2) is 18.2. The lowest BCUT2D eigenvalue weighted by Gasteiger charge is -2.21. The molecule has 3 unspecified atom stereocenters. The van der Waals surface area contributed by atoms with Crippen molar-refractivity contribution < 1.29 is 33.6 Å². The number of aldehydes is 1. The van der Waals surface area contributed by atoms with Gasteiger partial charge in [-0.2, -0.15) is 0 Å². The molecule has 0 spiro atoms. The maximum absolute atomic E-state index is 12.9. The highest BCUT2D eigenvalue weighted by atomic mass is 16.2. The van der Waals surface area contributed by atoms with E-state index in [9.17, 15) is 33.6 Å². The Morgan fingerprint density at radius 2 is 1.24 bits per heavy atom. The molecule has 3 rings (SSSR count). The van der Waals surface area contributed by atoms with Crippen LogP contribution in [0.1, 0.15) is 19.3 Å². The van der Waals surface area contributed by atoms with Gasteiger partial charge in [-0.05, 0) is 0 Å². The van der Waals surface area contributed by atoms with Gasteiger partial charge in [0.1, 0.15) is 37.4 Å². The molecule has 7 N–H and O–H groups in total. The topological polar surface area (TPSA) is 292 Å². The summed E-state index contributed by atoms with van der Waals surface area (Å²) in [7, 11) is 0. The van der Waals surface area contributed by atoms with E-state index in [0.29, 0.717) is 12.5 Å². The number of aliphatic imine (C=N–C) groups is 7. The van der Waals surface area contributed by atoms with Gasteiger partial charge in [0.2, 0.25) is 23.6 Å². The number of nitrogens with zero attached hydrogens (tertiary/aromatic N) is 7. The predicted molar refractivity (Wildman–Crippen MR) is 167 cm³/mol. The van der Waals surface area contributed by atoms with E-state index in [-0.39, 0.29) is 31.8 Å². The van der Waals surface area contributed by atoms with Crippen molar-refractivity contribution in [1.29, 1.82) is 0 Å². The first-order chi connectivity index (χ1) is 22.2. The van der Waals surface area contributed by atoms with Crippen LogP contribution in [-0.2, 0) is 33.6 Å². The summed E-state index contributed by atoms with van der Waals surface area (Å²) in [5, 5.41) is 12.0. The normalized spacial score (nSPS) is 20.8. The number of hydrogen-bond acceptors (Lipinski definition) is 14. The standard InChI is InChI=1S/C26H33N13O7/c27-4-21(41)31-8-23(43)38-19(2-16-6-29-13-35-16)26(46)33-10-24(44)39-20(3-17-7-30-14-36-17)25(45)32-9-22(42)37-18(11-40)1-15-5-28-12-34-15/h5-7,9,11-20H,1-4,8,10,27H2,(H,31,41)(H,33,46)(H,37,42)(H,38,43)(H,39,44)/t15?,16?,17?,18-,19-,20-/m0/s1. The van der Waals surface area contributed by atoms with Gasteiger partial charge in [0.25, 0.3) is 11.8 Å². The van der Waals surface area contributed by atoms with Gasteiger partial charge in [-0.3, -0.25) is 43.7 Å². The summed E-state index contributed by atoms with van der Waals surface area (Å²) in [5.41, 5.74) is 5.21. The maximum Gasteiger partial charge on any atom is 0.268 e. The first-order valence-corrected chi connectivity index (χ1v) is 14.0. The molecule has 0 saturated heterocycles. The second-order valence-electron chi connectivity index (χ2n) is 9.88. The highest BCUT2D eigenvalue weighted by Gasteiger charge is 2.28. The number of amides is 6. The fourth-order valence-electron chi connectivity index (χ4n) is 4.08. The van der Waals surface area contributed by atoms with Crippen LogP contribution >= 0.6 is 0 Å². The lowest BCUT2D eigenvalue weighted by Crippen LogP contribution is -2.53. The van der Waals surface area contributed by atoms with E-state index < -0.39 is 78.7 Å². The van der Waals surface area contributed by atoms with Crippen LogP contribution in [0.4, 0.5) is 0 Å².